The lowest BCUT2D eigenvalue weighted by atomic mass is 10.0. The number of rotatable bonds is 8. The predicted molar refractivity (Wildman–Crippen MR) is 117 cm³/mol. The zero-order valence-electron chi connectivity index (χ0n) is 18.0. The van der Waals surface area contributed by atoms with Crippen molar-refractivity contribution in [1.29, 1.82) is 5.26 Å². The Morgan fingerprint density at radius 2 is 1.97 bits per heavy atom. The quantitative estimate of drug-likeness (QED) is 0.582. The van der Waals surface area contributed by atoms with Gasteiger partial charge in [-0.3, -0.25) is 4.79 Å². The van der Waals surface area contributed by atoms with Crippen LogP contribution >= 0.6 is 0 Å². The van der Waals surface area contributed by atoms with Gasteiger partial charge in [0, 0.05) is 18.2 Å². The van der Waals surface area contributed by atoms with Gasteiger partial charge in [0.25, 0.3) is 5.91 Å². The second kappa shape index (κ2) is 9.45. The van der Waals surface area contributed by atoms with E-state index in [0.717, 1.165) is 42.0 Å². The minimum Gasteiger partial charge on any atom is -0.497 e. The van der Waals surface area contributed by atoms with Crippen molar-refractivity contribution in [3.05, 3.63) is 59.4 Å². The Hall–Kier alpha value is -3.33. The fourth-order valence-corrected chi connectivity index (χ4v) is 3.49. The van der Waals surface area contributed by atoms with Crippen LogP contribution in [0.1, 0.15) is 61.4 Å². The molecule has 0 aliphatic carbocycles. The summed E-state index contributed by atoms with van der Waals surface area (Å²) in [6.07, 6.45) is 2.08. The van der Waals surface area contributed by atoms with Crippen LogP contribution in [0.3, 0.4) is 0 Å². The monoisotopic (exact) mass is 404 g/mol. The first kappa shape index (κ1) is 21.4. The number of fused-ring (bicyclic) bond motifs is 1. The Labute approximate surface area is 177 Å². The van der Waals surface area contributed by atoms with Gasteiger partial charge in [-0.05, 0) is 48.7 Å². The number of benzene rings is 2. The Morgan fingerprint density at radius 1 is 1.23 bits per heavy atom. The van der Waals surface area contributed by atoms with E-state index in [1.165, 1.54) is 0 Å². The van der Waals surface area contributed by atoms with Crippen LogP contribution in [0.25, 0.3) is 11.0 Å². The van der Waals surface area contributed by atoms with Gasteiger partial charge >= 0.3 is 0 Å². The zero-order valence-corrected chi connectivity index (χ0v) is 18.0. The van der Waals surface area contributed by atoms with Gasteiger partial charge in [-0.15, -0.1) is 0 Å². The smallest absolute Gasteiger partial charge is 0.251 e. The molecule has 1 N–H and O–H groups in total. The number of carbonyl (C=O) groups excluding carboxylic acids is 1. The molecular weight excluding hydrogens is 376 g/mol. The van der Waals surface area contributed by atoms with Crippen molar-refractivity contribution in [3.63, 3.8) is 0 Å². The zero-order chi connectivity index (χ0) is 21.7. The molecule has 6 nitrogen and oxygen atoms in total. The molecule has 156 valence electrons. The fourth-order valence-electron chi connectivity index (χ4n) is 3.49. The highest BCUT2D eigenvalue weighted by Gasteiger charge is 2.25. The van der Waals surface area contributed by atoms with Crippen molar-refractivity contribution in [2.24, 2.45) is 5.92 Å². The molecule has 1 aromatic heterocycles. The van der Waals surface area contributed by atoms with Gasteiger partial charge < -0.3 is 14.6 Å². The van der Waals surface area contributed by atoms with E-state index in [0.29, 0.717) is 11.1 Å². The molecule has 1 heterocycles. The summed E-state index contributed by atoms with van der Waals surface area (Å²) in [6.45, 7) is 7.14. The third-order valence-corrected chi connectivity index (χ3v) is 5.23. The minimum atomic E-state index is -0.247. The Bertz CT molecular complexity index is 1060. The number of methoxy groups -OCH3 is 1. The van der Waals surface area contributed by atoms with Gasteiger partial charge in [-0.2, -0.15) is 5.26 Å². The summed E-state index contributed by atoms with van der Waals surface area (Å²) in [5.41, 5.74) is 2.95. The van der Waals surface area contributed by atoms with Crippen molar-refractivity contribution in [2.45, 2.75) is 46.2 Å². The van der Waals surface area contributed by atoms with Crippen LogP contribution in [-0.2, 0) is 6.54 Å². The van der Waals surface area contributed by atoms with Crippen LogP contribution in [0.5, 0.6) is 5.75 Å². The SMILES string of the molecule is CCCCn1c(C(NC(=O)c2ccc(C#N)cc2)C(C)C)nc2ccc(OC)cc21. The Balaban J connectivity index is 1.99. The van der Waals surface area contributed by atoms with Gasteiger partial charge in [-0.25, -0.2) is 4.98 Å². The van der Waals surface area contributed by atoms with E-state index in [1.54, 1.807) is 31.4 Å². The number of amides is 1. The first-order valence-electron chi connectivity index (χ1n) is 10.3. The molecule has 1 amide bonds. The van der Waals surface area contributed by atoms with Crippen LogP contribution in [0.2, 0.25) is 0 Å². The number of nitrogens with zero attached hydrogens (tertiary/aromatic N) is 3. The average Bonchev–Trinajstić information content (AvgIpc) is 3.12. The molecule has 3 rings (SSSR count). The van der Waals surface area contributed by atoms with Crippen LogP contribution in [0.15, 0.2) is 42.5 Å². The number of carbonyl (C=O) groups is 1. The third-order valence-electron chi connectivity index (χ3n) is 5.23. The van der Waals surface area contributed by atoms with E-state index in [-0.39, 0.29) is 17.9 Å². The first-order valence-corrected chi connectivity index (χ1v) is 10.3. The van der Waals surface area contributed by atoms with Crippen LogP contribution < -0.4 is 10.1 Å². The topological polar surface area (TPSA) is 79.9 Å². The predicted octanol–water partition coefficient (Wildman–Crippen LogP) is 4.84. The van der Waals surface area contributed by atoms with Crippen LogP contribution in [0.4, 0.5) is 0 Å². The van der Waals surface area contributed by atoms with E-state index in [2.05, 4.69) is 36.7 Å². The molecule has 3 aromatic rings. The van der Waals surface area contributed by atoms with E-state index >= 15 is 0 Å². The highest BCUT2D eigenvalue weighted by atomic mass is 16.5. The number of nitriles is 1. The van der Waals surface area contributed by atoms with Crippen molar-refractivity contribution >= 4 is 16.9 Å². The molecule has 6 heteroatoms. The van der Waals surface area contributed by atoms with E-state index in [9.17, 15) is 4.79 Å². The summed E-state index contributed by atoms with van der Waals surface area (Å²) in [7, 11) is 1.66. The number of nitrogens with one attached hydrogen (secondary N) is 1. The summed E-state index contributed by atoms with van der Waals surface area (Å²) in [5.74, 6) is 1.61. The Kier molecular flexibility index (Phi) is 6.73. The number of aromatic nitrogens is 2. The standard InChI is InChI=1S/C24H28N4O2/c1-5-6-13-28-21-14-19(30-4)11-12-20(21)26-23(28)22(16(2)3)27-24(29)18-9-7-17(15-25)8-10-18/h7-12,14,16,22H,5-6,13H2,1-4H3,(H,27,29). The van der Waals surface area contributed by atoms with E-state index in [4.69, 9.17) is 15.0 Å². The lowest BCUT2D eigenvalue weighted by Crippen LogP contribution is -2.33. The van der Waals surface area contributed by atoms with E-state index in [1.807, 2.05) is 18.2 Å². The molecule has 0 spiro atoms. The molecule has 0 aliphatic heterocycles. The Morgan fingerprint density at radius 3 is 2.57 bits per heavy atom. The number of imidazole rings is 1. The molecule has 30 heavy (non-hydrogen) atoms. The molecule has 0 aliphatic rings. The maximum atomic E-state index is 12.9. The van der Waals surface area contributed by atoms with Crippen molar-refractivity contribution in [1.82, 2.24) is 14.9 Å². The highest BCUT2D eigenvalue weighted by Crippen LogP contribution is 2.29. The summed E-state index contributed by atoms with van der Waals surface area (Å²) in [5, 5.41) is 12.1. The van der Waals surface area contributed by atoms with Crippen LogP contribution in [0, 0.1) is 17.2 Å². The molecule has 0 saturated heterocycles. The minimum absolute atomic E-state index is 0.145. The molecule has 2 aromatic carbocycles. The van der Waals surface area contributed by atoms with Gasteiger partial charge in [-0.1, -0.05) is 27.2 Å². The molecule has 0 bridgehead atoms. The number of aryl methyl sites for hydroxylation is 1. The van der Waals surface area contributed by atoms with Crippen molar-refractivity contribution in [2.75, 3.05) is 7.11 Å². The number of unbranched alkanes of at least 4 members (excludes halogenated alkanes) is 1. The van der Waals surface area contributed by atoms with Crippen molar-refractivity contribution in [3.8, 4) is 11.8 Å². The van der Waals surface area contributed by atoms with Gasteiger partial charge in [0.1, 0.15) is 11.6 Å². The number of hydrogen-bond acceptors (Lipinski definition) is 4. The van der Waals surface area contributed by atoms with Gasteiger partial charge in [0.05, 0.1) is 35.8 Å². The maximum absolute atomic E-state index is 12.9. The molecular formula is C24H28N4O2. The summed E-state index contributed by atoms with van der Waals surface area (Å²) < 4.78 is 7.61. The lowest BCUT2D eigenvalue weighted by Gasteiger charge is -2.23. The molecule has 0 fully saturated rings. The van der Waals surface area contributed by atoms with E-state index < -0.39 is 0 Å². The highest BCUT2D eigenvalue weighted by molar-refractivity contribution is 5.94. The average molecular weight is 405 g/mol. The number of ether oxygens (including phenoxy) is 1. The van der Waals surface area contributed by atoms with Gasteiger partial charge in [0.2, 0.25) is 0 Å². The molecule has 0 saturated carbocycles. The van der Waals surface area contributed by atoms with Gasteiger partial charge in [0.15, 0.2) is 0 Å². The lowest BCUT2D eigenvalue weighted by molar-refractivity contribution is 0.0922. The summed E-state index contributed by atoms with van der Waals surface area (Å²) >= 11 is 0. The first-order chi connectivity index (χ1) is 14.5. The fraction of sp³-hybridized carbons (Fsp3) is 0.375. The third kappa shape index (κ3) is 4.46. The second-order valence-corrected chi connectivity index (χ2v) is 7.71. The van der Waals surface area contributed by atoms with Crippen molar-refractivity contribution < 1.29 is 9.53 Å². The number of hydrogen-bond donors (Lipinski definition) is 1. The summed E-state index contributed by atoms with van der Waals surface area (Å²) in [4.78, 5) is 17.8. The van der Waals surface area contributed by atoms with Crippen LogP contribution in [-0.4, -0.2) is 22.6 Å². The molecule has 1 unspecified atom stereocenters. The normalized spacial score (nSPS) is 12.0. The maximum Gasteiger partial charge on any atom is 0.251 e. The molecule has 1 atom stereocenters. The largest absolute Gasteiger partial charge is 0.497 e. The summed E-state index contributed by atoms with van der Waals surface area (Å²) in [6, 6.07) is 14.4. The second-order valence-electron chi connectivity index (χ2n) is 7.71. The molecule has 0 radical (unpaired) electrons.